The summed E-state index contributed by atoms with van der Waals surface area (Å²) in [4.78, 5) is 3.25. The fourth-order valence-corrected chi connectivity index (χ4v) is 1.94. The number of aromatic nitrogens is 3. The van der Waals surface area contributed by atoms with Gasteiger partial charge in [0.15, 0.2) is 5.82 Å². The van der Waals surface area contributed by atoms with E-state index in [-0.39, 0.29) is 0 Å². The number of hydrogen-bond acceptors (Lipinski definition) is 5. The van der Waals surface area contributed by atoms with Gasteiger partial charge in [0.05, 0.1) is 18.8 Å². The van der Waals surface area contributed by atoms with Gasteiger partial charge in [-0.2, -0.15) is 5.10 Å². The standard InChI is InChI=1S/C11H11N5O/c1-17-6-2-3-9-7(4-6)8-5-13-16-11(15-12)10(8)14-9/h2-5,14H,12H2,1H3,(H,15,16). The van der Waals surface area contributed by atoms with Gasteiger partial charge in [-0.05, 0) is 18.2 Å². The van der Waals surface area contributed by atoms with Crippen LogP contribution in [0.3, 0.4) is 0 Å². The van der Waals surface area contributed by atoms with Crippen molar-refractivity contribution in [1.29, 1.82) is 0 Å². The van der Waals surface area contributed by atoms with Crippen molar-refractivity contribution in [1.82, 2.24) is 15.2 Å². The molecule has 0 aliphatic heterocycles. The molecule has 0 bridgehead atoms. The lowest BCUT2D eigenvalue weighted by Gasteiger charge is -1.99. The molecule has 17 heavy (non-hydrogen) atoms. The van der Waals surface area contributed by atoms with Crippen LogP contribution in [0.4, 0.5) is 5.82 Å². The number of H-pyrrole nitrogens is 1. The molecule has 86 valence electrons. The van der Waals surface area contributed by atoms with Crippen molar-refractivity contribution in [2.75, 3.05) is 12.5 Å². The summed E-state index contributed by atoms with van der Waals surface area (Å²) < 4.78 is 5.21. The monoisotopic (exact) mass is 229 g/mol. The van der Waals surface area contributed by atoms with Gasteiger partial charge < -0.3 is 15.1 Å². The highest BCUT2D eigenvalue weighted by molar-refractivity contribution is 6.10. The molecule has 0 spiro atoms. The Balaban J connectivity index is 2.42. The molecule has 6 nitrogen and oxygen atoms in total. The van der Waals surface area contributed by atoms with Gasteiger partial charge >= 0.3 is 0 Å². The van der Waals surface area contributed by atoms with Crippen LogP contribution in [0.15, 0.2) is 24.4 Å². The zero-order valence-electron chi connectivity index (χ0n) is 9.19. The number of hydrazine groups is 1. The first kappa shape index (κ1) is 9.86. The molecule has 2 heterocycles. The Morgan fingerprint density at radius 3 is 3.00 bits per heavy atom. The molecule has 2 aromatic heterocycles. The molecule has 1 aromatic carbocycles. The minimum Gasteiger partial charge on any atom is -0.497 e. The maximum absolute atomic E-state index is 5.40. The van der Waals surface area contributed by atoms with Gasteiger partial charge in [-0.15, -0.1) is 5.10 Å². The van der Waals surface area contributed by atoms with Crippen molar-refractivity contribution in [3.05, 3.63) is 24.4 Å². The number of nitrogens with zero attached hydrogens (tertiary/aromatic N) is 2. The van der Waals surface area contributed by atoms with Crippen LogP contribution < -0.4 is 16.0 Å². The molecule has 0 amide bonds. The summed E-state index contributed by atoms with van der Waals surface area (Å²) in [6.07, 6.45) is 1.70. The number of hydrogen-bond donors (Lipinski definition) is 3. The number of nitrogens with one attached hydrogen (secondary N) is 2. The van der Waals surface area contributed by atoms with Crippen LogP contribution in [-0.2, 0) is 0 Å². The summed E-state index contributed by atoms with van der Waals surface area (Å²) in [6.45, 7) is 0. The average molecular weight is 229 g/mol. The number of methoxy groups -OCH3 is 1. The Morgan fingerprint density at radius 1 is 1.35 bits per heavy atom. The third-order valence-corrected chi connectivity index (χ3v) is 2.76. The summed E-state index contributed by atoms with van der Waals surface area (Å²) in [6, 6.07) is 5.80. The quantitative estimate of drug-likeness (QED) is 0.456. The lowest BCUT2D eigenvalue weighted by atomic mass is 10.2. The van der Waals surface area contributed by atoms with Gasteiger partial charge in [0.2, 0.25) is 0 Å². The summed E-state index contributed by atoms with van der Waals surface area (Å²) in [7, 11) is 1.64. The molecule has 0 radical (unpaired) electrons. The van der Waals surface area contributed by atoms with Gasteiger partial charge in [-0.25, -0.2) is 5.84 Å². The zero-order chi connectivity index (χ0) is 11.8. The van der Waals surface area contributed by atoms with E-state index in [0.717, 1.165) is 27.6 Å². The van der Waals surface area contributed by atoms with Crippen molar-refractivity contribution in [2.45, 2.75) is 0 Å². The number of ether oxygens (including phenoxy) is 1. The van der Waals surface area contributed by atoms with Crippen LogP contribution in [0.2, 0.25) is 0 Å². The SMILES string of the molecule is COc1ccc2[nH]c3c(NN)nncc3c2c1. The Hall–Kier alpha value is -2.34. The normalized spacial score (nSPS) is 10.9. The molecule has 0 fully saturated rings. The van der Waals surface area contributed by atoms with Gasteiger partial charge in [-0.1, -0.05) is 0 Å². The maximum Gasteiger partial charge on any atom is 0.187 e. The Bertz CT molecular complexity index is 691. The second kappa shape index (κ2) is 3.60. The molecule has 0 atom stereocenters. The first-order valence-corrected chi connectivity index (χ1v) is 5.11. The van der Waals surface area contributed by atoms with E-state index in [9.17, 15) is 0 Å². The minimum absolute atomic E-state index is 0.526. The van der Waals surface area contributed by atoms with E-state index in [2.05, 4.69) is 20.6 Å². The van der Waals surface area contributed by atoms with Crippen LogP contribution >= 0.6 is 0 Å². The summed E-state index contributed by atoms with van der Waals surface area (Å²) in [5, 5.41) is 9.82. The number of anilines is 1. The number of rotatable bonds is 2. The van der Waals surface area contributed by atoms with Gasteiger partial charge in [0, 0.05) is 16.3 Å². The minimum atomic E-state index is 0.526. The second-order valence-electron chi connectivity index (χ2n) is 3.66. The zero-order valence-corrected chi connectivity index (χ0v) is 9.19. The Morgan fingerprint density at radius 2 is 2.24 bits per heavy atom. The summed E-state index contributed by atoms with van der Waals surface area (Å²) >= 11 is 0. The number of nitrogens with two attached hydrogens (primary N) is 1. The molecular weight excluding hydrogens is 218 g/mol. The third kappa shape index (κ3) is 1.38. The molecule has 4 N–H and O–H groups in total. The first-order chi connectivity index (χ1) is 8.33. The Labute approximate surface area is 96.8 Å². The van der Waals surface area contributed by atoms with Crippen molar-refractivity contribution in [2.24, 2.45) is 5.84 Å². The predicted octanol–water partition coefficient (Wildman–Crippen LogP) is 1.41. The third-order valence-electron chi connectivity index (χ3n) is 2.76. The van der Waals surface area contributed by atoms with Gasteiger partial charge in [0.25, 0.3) is 0 Å². The van der Waals surface area contributed by atoms with Gasteiger partial charge in [0.1, 0.15) is 5.75 Å². The number of benzene rings is 1. The fraction of sp³-hybridized carbons (Fsp3) is 0.0909. The smallest absolute Gasteiger partial charge is 0.187 e. The second-order valence-corrected chi connectivity index (χ2v) is 3.66. The van der Waals surface area contributed by atoms with E-state index in [0.29, 0.717) is 5.82 Å². The Kier molecular flexibility index (Phi) is 2.09. The van der Waals surface area contributed by atoms with Gasteiger partial charge in [-0.3, -0.25) is 0 Å². The van der Waals surface area contributed by atoms with Crippen LogP contribution in [0.25, 0.3) is 21.8 Å². The molecule has 0 aliphatic carbocycles. The van der Waals surface area contributed by atoms with E-state index in [4.69, 9.17) is 10.6 Å². The van der Waals surface area contributed by atoms with Crippen molar-refractivity contribution in [3.8, 4) is 5.75 Å². The fourth-order valence-electron chi connectivity index (χ4n) is 1.94. The first-order valence-electron chi connectivity index (χ1n) is 5.11. The lowest BCUT2D eigenvalue weighted by Crippen LogP contribution is -2.09. The van der Waals surface area contributed by atoms with Crippen LogP contribution in [0.5, 0.6) is 5.75 Å². The molecule has 0 saturated heterocycles. The average Bonchev–Trinajstić information content (AvgIpc) is 2.76. The highest BCUT2D eigenvalue weighted by atomic mass is 16.5. The van der Waals surface area contributed by atoms with Crippen molar-refractivity contribution in [3.63, 3.8) is 0 Å². The molecular formula is C11H11N5O. The molecule has 0 saturated carbocycles. The number of aromatic amines is 1. The summed E-state index contributed by atoms with van der Waals surface area (Å²) in [5.74, 6) is 6.73. The molecule has 3 aromatic rings. The van der Waals surface area contributed by atoms with E-state index in [1.807, 2.05) is 18.2 Å². The van der Waals surface area contributed by atoms with Crippen LogP contribution in [0, 0.1) is 0 Å². The predicted molar refractivity (Wildman–Crippen MR) is 65.8 cm³/mol. The van der Waals surface area contributed by atoms with Crippen molar-refractivity contribution >= 4 is 27.6 Å². The molecule has 6 heteroatoms. The number of nitrogen functional groups attached to an aromatic ring is 1. The van der Waals surface area contributed by atoms with E-state index >= 15 is 0 Å². The number of fused-ring (bicyclic) bond motifs is 3. The molecule has 0 unspecified atom stereocenters. The molecule has 0 aliphatic rings. The van der Waals surface area contributed by atoms with E-state index in [1.54, 1.807) is 13.3 Å². The molecule has 3 rings (SSSR count). The van der Waals surface area contributed by atoms with Crippen molar-refractivity contribution < 1.29 is 4.74 Å². The topological polar surface area (TPSA) is 88.8 Å². The van der Waals surface area contributed by atoms with E-state index in [1.165, 1.54) is 0 Å². The van der Waals surface area contributed by atoms with Crippen LogP contribution in [0.1, 0.15) is 0 Å². The summed E-state index contributed by atoms with van der Waals surface area (Å²) in [5.41, 5.74) is 4.35. The van der Waals surface area contributed by atoms with E-state index < -0.39 is 0 Å². The highest BCUT2D eigenvalue weighted by Gasteiger charge is 2.09. The largest absolute Gasteiger partial charge is 0.497 e. The lowest BCUT2D eigenvalue weighted by molar-refractivity contribution is 0.415. The van der Waals surface area contributed by atoms with Crippen LogP contribution in [-0.4, -0.2) is 22.3 Å². The maximum atomic E-state index is 5.40. The highest BCUT2D eigenvalue weighted by Crippen LogP contribution is 2.30.